The Kier molecular flexibility index (Phi) is 4.53. The molecule has 104 valence electrons. The zero-order valence-electron chi connectivity index (χ0n) is 11.5. The standard InChI is InChI=1S/C15H22FN3/c1-2-11-5-7-19(8-6-11)10-12-3-4-13(16)9-14(12)15(17)18/h3-4,9,11H,2,5-8,10H2,1H3,(H3,17,18). The summed E-state index contributed by atoms with van der Waals surface area (Å²) in [5, 5.41) is 7.54. The van der Waals surface area contributed by atoms with Gasteiger partial charge in [-0.15, -0.1) is 0 Å². The van der Waals surface area contributed by atoms with Crippen molar-refractivity contribution in [3.05, 3.63) is 35.1 Å². The topological polar surface area (TPSA) is 53.1 Å². The lowest BCUT2D eigenvalue weighted by Gasteiger charge is -2.31. The van der Waals surface area contributed by atoms with Crippen molar-refractivity contribution in [1.29, 1.82) is 5.41 Å². The van der Waals surface area contributed by atoms with Gasteiger partial charge in [-0.05, 0) is 49.5 Å². The number of nitrogen functional groups attached to an aromatic ring is 1. The van der Waals surface area contributed by atoms with Gasteiger partial charge in [-0.25, -0.2) is 4.39 Å². The number of nitrogens with zero attached hydrogens (tertiary/aromatic N) is 1. The first kappa shape index (κ1) is 14.0. The molecule has 1 heterocycles. The summed E-state index contributed by atoms with van der Waals surface area (Å²) in [5.41, 5.74) is 7.00. The minimum atomic E-state index is -0.335. The minimum Gasteiger partial charge on any atom is -0.384 e. The van der Waals surface area contributed by atoms with Crippen molar-refractivity contribution in [2.45, 2.75) is 32.7 Å². The van der Waals surface area contributed by atoms with Crippen LogP contribution >= 0.6 is 0 Å². The molecule has 4 heteroatoms. The van der Waals surface area contributed by atoms with E-state index in [0.29, 0.717) is 5.56 Å². The molecule has 2 rings (SSSR count). The highest BCUT2D eigenvalue weighted by molar-refractivity contribution is 5.96. The van der Waals surface area contributed by atoms with Crippen LogP contribution in [0.1, 0.15) is 37.3 Å². The summed E-state index contributed by atoms with van der Waals surface area (Å²) < 4.78 is 13.2. The average Bonchev–Trinajstić information content (AvgIpc) is 2.41. The van der Waals surface area contributed by atoms with Gasteiger partial charge < -0.3 is 5.73 Å². The van der Waals surface area contributed by atoms with Gasteiger partial charge in [-0.3, -0.25) is 10.3 Å². The van der Waals surface area contributed by atoms with E-state index in [-0.39, 0.29) is 11.7 Å². The predicted octanol–water partition coefficient (Wildman–Crippen LogP) is 2.73. The smallest absolute Gasteiger partial charge is 0.123 e. The van der Waals surface area contributed by atoms with Crippen LogP contribution in [0.2, 0.25) is 0 Å². The van der Waals surface area contributed by atoms with Crippen molar-refractivity contribution in [2.75, 3.05) is 13.1 Å². The van der Waals surface area contributed by atoms with E-state index in [9.17, 15) is 4.39 Å². The third-order valence-corrected chi connectivity index (χ3v) is 4.04. The number of halogens is 1. The number of piperidine rings is 1. The molecule has 0 atom stereocenters. The fourth-order valence-corrected chi connectivity index (χ4v) is 2.73. The second-order valence-electron chi connectivity index (χ2n) is 5.34. The number of rotatable bonds is 4. The lowest BCUT2D eigenvalue weighted by molar-refractivity contribution is 0.175. The van der Waals surface area contributed by atoms with E-state index < -0.39 is 0 Å². The molecule has 3 nitrogen and oxygen atoms in total. The Morgan fingerprint density at radius 2 is 2.11 bits per heavy atom. The van der Waals surface area contributed by atoms with Gasteiger partial charge in [0.05, 0.1) is 0 Å². The number of hydrogen-bond donors (Lipinski definition) is 2. The first-order valence-corrected chi connectivity index (χ1v) is 6.95. The molecule has 0 spiro atoms. The van der Waals surface area contributed by atoms with E-state index in [2.05, 4.69) is 11.8 Å². The first-order valence-electron chi connectivity index (χ1n) is 6.95. The van der Waals surface area contributed by atoms with Crippen molar-refractivity contribution in [3.63, 3.8) is 0 Å². The normalized spacial score (nSPS) is 17.6. The fourth-order valence-electron chi connectivity index (χ4n) is 2.73. The van der Waals surface area contributed by atoms with Gasteiger partial charge in [0.1, 0.15) is 11.7 Å². The van der Waals surface area contributed by atoms with Crippen molar-refractivity contribution < 1.29 is 4.39 Å². The Bertz CT molecular complexity index is 451. The second kappa shape index (κ2) is 6.15. The highest BCUT2D eigenvalue weighted by atomic mass is 19.1. The summed E-state index contributed by atoms with van der Waals surface area (Å²) in [6.07, 6.45) is 3.71. The van der Waals surface area contributed by atoms with E-state index in [1.165, 1.54) is 31.4 Å². The number of hydrogen-bond acceptors (Lipinski definition) is 2. The molecule has 1 aromatic carbocycles. The van der Waals surface area contributed by atoms with Crippen LogP contribution in [-0.4, -0.2) is 23.8 Å². The Hall–Kier alpha value is -1.42. The number of benzene rings is 1. The van der Waals surface area contributed by atoms with Gasteiger partial charge in [0.15, 0.2) is 0 Å². The van der Waals surface area contributed by atoms with Crippen LogP contribution in [0.4, 0.5) is 4.39 Å². The summed E-state index contributed by atoms with van der Waals surface area (Å²) >= 11 is 0. The first-order chi connectivity index (χ1) is 9.10. The quantitative estimate of drug-likeness (QED) is 0.648. The van der Waals surface area contributed by atoms with E-state index in [1.54, 1.807) is 6.07 Å². The van der Waals surface area contributed by atoms with Crippen LogP contribution in [0.3, 0.4) is 0 Å². The maximum atomic E-state index is 13.2. The Morgan fingerprint density at radius 3 is 2.68 bits per heavy atom. The van der Waals surface area contributed by atoms with Crippen LogP contribution in [-0.2, 0) is 6.54 Å². The van der Waals surface area contributed by atoms with Crippen molar-refractivity contribution >= 4 is 5.84 Å². The fraction of sp³-hybridized carbons (Fsp3) is 0.533. The molecule has 0 amide bonds. The second-order valence-corrected chi connectivity index (χ2v) is 5.34. The van der Waals surface area contributed by atoms with Crippen LogP contribution < -0.4 is 5.73 Å². The molecule has 0 aliphatic carbocycles. The SMILES string of the molecule is CCC1CCN(Cc2ccc(F)cc2C(=N)N)CC1. The van der Waals surface area contributed by atoms with Crippen molar-refractivity contribution in [3.8, 4) is 0 Å². The lowest BCUT2D eigenvalue weighted by Crippen LogP contribution is -2.33. The maximum Gasteiger partial charge on any atom is 0.123 e. The predicted molar refractivity (Wildman–Crippen MR) is 75.7 cm³/mol. The molecule has 1 aliphatic rings. The molecule has 1 aliphatic heterocycles. The van der Waals surface area contributed by atoms with Gasteiger partial charge in [0.2, 0.25) is 0 Å². The lowest BCUT2D eigenvalue weighted by atomic mass is 9.94. The summed E-state index contributed by atoms with van der Waals surface area (Å²) in [4.78, 5) is 2.37. The summed E-state index contributed by atoms with van der Waals surface area (Å²) in [5.74, 6) is 0.452. The third-order valence-electron chi connectivity index (χ3n) is 4.04. The van der Waals surface area contributed by atoms with Gasteiger partial charge in [0, 0.05) is 12.1 Å². The van der Waals surface area contributed by atoms with E-state index in [4.69, 9.17) is 11.1 Å². The number of nitrogens with one attached hydrogen (secondary N) is 1. The molecule has 1 aromatic rings. The van der Waals surface area contributed by atoms with Crippen LogP contribution in [0.25, 0.3) is 0 Å². The van der Waals surface area contributed by atoms with Crippen LogP contribution in [0.15, 0.2) is 18.2 Å². The average molecular weight is 263 g/mol. The molecular formula is C15H22FN3. The molecule has 3 N–H and O–H groups in total. The molecular weight excluding hydrogens is 241 g/mol. The van der Waals surface area contributed by atoms with Crippen LogP contribution in [0.5, 0.6) is 0 Å². The molecule has 0 saturated carbocycles. The van der Waals surface area contributed by atoms with Gasteiger partial charge >= 0.3 is 0 Å². The van der Waals surface area contributed by atoms with Crippen molar-refractivity contribution in [2.24, 2.45) is 11.7 Å². The van der Waals surface area contributed by atoms with Gasteiger partial charge in [-0.1, -0.05) is 19.4 Å². The van der Waals surface area contributed by atoms with Crippen LogP contribution in [0, 0.1) is 17.1 Å². The molecule has 0 unspecified atom stereocenters. The summed E-state index contributed by atoms with van der Waals surface area (Å²) in [6, 6.07) is 4.55. The highest BCUT2D eigenvalue weighted by Gasteiger charge is 2.19. The summed E-state index contributed by atoms with van der Waals surface area (Å²) in [7, 11) is 0. The number of nitrogens with two attached hydrogens (primary N) is 1. The Labute approximate surface area is 114 Å². The number of likely N-dealkylation sites (tertiary alicyclic amines) is 1. The van der Waals surface area contributed by atoms with Gasteiger partial charge in [0.25, 0.3) is 0 Å². The Balaban J connectivity index is 2.05. The van der Waals surface area contributed by atoms with E-state index >= 15 is 0 Å². The summed E-state index contributed by atoms with van der Waals surface area (Å²) in [6.45, 7) is 5.15. The molecule has 19 heavy (non-hydrogen) atoms. The maximum absolute atomic E-state index is 13.2. The largest absolute Gasteiger partial charge is 0.384 e. The third kappa shape index (κ3) is 3.53. The minimum absolute atomic E-state index is 0.0575. The van der Waals surface area contributed by atoms with Crippen molar-refractivity contribution in [1.82, 2.24) is 4.90 Å². The molecule has 0 bridgehead atoms. The monoisotopic (exact) mass is 263 g/mol. The van der Waals surface area contributed by atoms with E-state index in [0.717, 1.165) is 31.1 Å². The zero-order valence-corrected chi connectivity index (χ0v) is 11.5. The van der Waals surface area contributed by atoms with E-state index in [1.807, 2.05) is 0 Å². The Morgan fingerprint density at radius 1 is 1.42 bits per heavy atom. The molecule has 1 saturated heterocycles. The molecule has 1 fully saturated rings. The molecule has 0 radical (unpaired) electrons. The zero-order chi connectivity index (χ0) is 13.8. The highest BCUT2D eigenvalue weighted by Crippen LogP contribution is 2.22. The van der Waals surface area contributed by atoms with Gasteiger partial charge in [-0.2, -0.15) is 0 Å². The molecule has 0 aromatic heterocycles. The number of amidine groups is 1.